The second kappa shape index (κ2) is 6.99. The predicted molar refractivity (Wildman–Crippen MR) is 74.6 cm³/mol. The largest absolute Gasteiger partial charge is 0.352 e. The number of carbonyl (C=O) groups is 2. The lowest BCUT2D eigenvalue weighted by Gasteiger charge is -2.20. The average molecular weight is 284 g/mol. The van der Waals surface area contributed by atoms with E-state index in [1.54, 1.807) is 12.1 Å². The molecule has 0 spiro atoms. The zero-order valence-electron chi connectivity index (χ0n) is 10.9. The lowest BCUT2D eigenvalue weighted by molar-refractivity contribution is -0.124. The summed E-state index contributed by atoms with van der Waals surface area (Å²) >= 11 is 5.86. The number of carbonyl (C=O) groups excluding carboxylic acids is 2. The molecule has 0 aromatic heterocycles. The zero-order valence-corrected chi connectivity index (χ0v) is 11.7. The first-order chi connectivity index (χ1) is 8.90. The first-order valence-corrected chi connectivity index (χ1v) is 6.36. The molecule has 1 atom stereocenters. The van der Waals surface area contributed by atoms with E-state index in [0.717, 1.165) is 5.56 Å². The molecule has 0 bridgehead atoms. The van der Waals surface area contributed by atoms with Crippen LogP contribution >= 0.6 is 11.6 Å². The van der Waals surface area contributed by atoms with Gasteiger partial charge >= 0.3 is 6.03 Å². The summed E-state index contributed by atoms with van der Waals surface area (Å²) in [5.41, 5.74) is 5.94. The Kier molecular flexibility index (Phi) is 5.63. The van der Waals surface area contributed by atoms with Crippen molar-refractivity contribution in [2.45, 2.75) is 26.4 Å². The van der Waals surface area contributed by atoms with Gasteiger partial charge in [0.2, 0.25) is 5.91 Å². The van der Waals surface area contributed by atoms with Gasteiger partial charge in [0.1, 0.15) is 6.04 Å². The highest BCUT2D eigenvalue weighted by atomic mass is 35.5. The fourth-order valence-corrected chi connectivity index (χ4v) is 1.85. The molecule has 1 rings (SSSR count). The van der Waals surface area contributed by atoms with Gasteiger partial charge in [-0.05, 0) is 23.6 Å². The van der Waals surface area contributed by atoms with Crippen molar-refractivity contribution in [3.05, 3.63) is 34.9 Å². The molecule has 104 valence electrons. The number of urea groups is 1. The standard InChI is InChI=1S/C13H18ClN3O2/c1-8(2)11(17-13(15)19)12(18)16-7-9-4-3-5-10(14)6-9/h3-6,8,11H,7H2,1-2H3,(H,16,18)(H3,15,17,19)/t11-/m0/s1. The Labute approximate surface area is 117 Å². The molecule has 0 fully saturated rings. The molecular formula is C13H18ClN3O2. The van der Waals surface area contributed by atoms with E-state index in [1.165, 1.54) is 0 Å². The van der Waals surface area contributed by atoms with E-state index in [4.69, 9.17) is 17.3 Å². The molecule has 0 aliphatic carbocycles. The molecule has 0 unspecified atom stereocenters. The van der Waals surface area contributed by atoms with Crippen LogP contribution in [0.25, 0.3) is 0 Å². The van der Waals surface area contributed by atoms with Gasteiger partial charge in [-0.1, -0.05) is 37.6 Å². The Morgan fingerprint density at radius 1 is 1.37 bits per heavy atom. The summed E-state index contributed by atoms with van der Waals surface area (Å²) in [5, 5.41) is 5.79. The number of hydrogen-bond donors (Lipinski definition) is 3. The smallest absolute Gasteiger partial charge is 0.312 e. The Bertz CT molecular complexity index is 463. The molecule has 0 radical (unpaired) electrons. The zero-order chi connectivity index (χ0) is 14.4. The van der Waals surface area contributed by atoms with Crippen LogP contribution in [-0.2, 0) is 11.3 Å². The topological polar surface area (TPSA) is 84.2 Å². The predicted octanol–water partition coefficient (Wildman–Crippen LogP) is 1.65. The average Bonchev–Trinajstić information content (AvgIpc) is 2.32. The van der Waals surface area contributed by atoms with Gasteiger partial charge < -0.3 is 16.4 Å². The maximum absolute atomic E-state index is 12.0. The molecule has 3 amide bonds. The fourth-order valence-electron chi connectivity index (χ4n) is 1.63. The highest BCUT2D eigenvalue weighted by molar-refractivity contribution is 6.30. The highest BCUT2D eigenvalue weighted by Gasteiger charge is 2.22. The maximum Gasteiger partial charge on any atom is 0.312 e. The number of amides is 3. The Morgan fingerprint density at radius 2 is 2.05 bits per heavy atom. The molecule has 0 saturated heterocycles. The third-order valence-electron chi connectivity index (χ3n) is 2.60. The molecular weight excluding hydrogens is 266 g/mol. The van der Waals surface area contributed by atoms with E-state index in [2.05, 4.69) is 10.6 Å². The van der Waals surface area contributed by atoms with Gasteiger partial charge in [-0.3, -0.25) is 4.79 Å². The van der Waals surface area contributed by atoms with Crippen molar-refractivity contribution in [3.63, 3.8) is 0 Å². The van der Waals surface area contributed by atoms with Gasteiger partial charge in [0.15, 0.2) is 0 Å². The first kappa shape index (κ1) is 15.3. The normalized spacial score (nSPS) is 12.0. The quantitative estimate of drug-likeness (QED) is 0.768. The summed E-state index contributed by atoms with van der Waals surface area (Å²) in [6.45, 7) is 4.02. The van der Waals surface area contributed by atoms with Crippen molar-refractivity contribution in [3.8, 4) is 0 Å². The van der Waals surface area contributed by atoms with Crippen LogP contribution < -0.4 is 16.4 Å². The van der Waals surface area contributed by atoms with Crippen molar-refractivity contribution in [2.75, 3.05) is 0 Å². The van der Waals surface area contributed by atoms with Crippen LogP contribution in [-0.4, -0.2) is 18.0 Å². The fraction of sp³-hybridized carbons (Fsp3) is 0.385. The van der Waals surface area contributed by atoms with Gasteiger partial charge in [0.25, 0.3) is 0 Å². The molecule has 4 N–H and O–H groups in total. The van der Waals surface area contributed by atoms with E-state index in [9.17, 15) is 9.59 Å². The van der Waals surface area contributed by atoms with Crippen LogP contribution in [0.1, 0.15) is 19.4 Å². The minimum atomic E-state index is -0.711. The number of nitrogens with one attached hydrogen (secondary N) is 2. The lowest BCUT2D eigenvalue weighted by atomic mass is 10.0. The van der Waals surface area contributed by atoms with Gasteiger partial charge in [0, 0.05) is 11.6 Å². The highest BCUT2D eigenvalue weighted by Crippen LogP contribution is 2.10. The number of halogens is 1. The lowest BCUT2D eigenvalue weighted by Crippen LogP contribution is -2.51. The molecule has 19 heavy (non-hydrogen) atoms. The summed E-state index contributed by atoms with van der Waals surface area (Å²) in [4.78, 5) is 22.8. The third kappa shape index (κ3) is 5.18. The maximum atomic E-state index is 12.0. The summed E-state index contributed by atoms with van der Waals surface area (Å²) in [6.07, 6.45) is 0. The van der Waals surface area contributed by atoms with Crippen molar-refractivity contribution < 1.29 is 9.59 Å². The molecule has 0 saturated carbocycles. The first-order valence-electron chi connectivity index (χ1n) is 5.98. The number of hydrogen-bond acceptors (Lipinski definition) is 2. The van der Waals surface area contributed by atoms with E-state index >= 15 is 0 Å². The van der Waals surface area contributed by atoms with E-state index in [1.807, 2.05) is 26.0 Å². The summed E-state index contributed by atoms with van der Waals surface area (Å²) in [7, 11) is 0. The van der Waals surface area contributed by atoms with Crippen molar-refractivity contribution in [1.82, 2.24) is 10.6 Å². The second-order valence-corrected chi connectivity index (χ2v) is 5.01. The molecule has 0 heterocycles. The van der Waals surface area contributed by atoms with Gasteiger partial charge in [-0.15, -0.1) is 0 Å². The summed E-state index contributed by atoms with van der Waals surface area (Å²) < 4.78 is 0. The Hall–Kier alpha value is -1.75. The minimum Gasteiger partial charge on any atom is -0.352 e. The third-order valence-corrected chi connectivity index (χ3v) is 2.84. The van der Waals surface area contributed by atoms with Crippen LogP contribution in [0.3, 0.4) is 0 Å². The molecule has 1 aromatic carbocycles. The molecule has 5 nitrogen and oxygen atoms in total. The number of primary amides is 1. The SMILES string of the molecule is CC(C)[C@H](NC(N)=O)C(=O)NCc1cccc(Cl)c1. The molecule has 1 aromatic rings. The number of nitrogens with two attached hydrogens (primary N) is 1. The molecule has 6 heteroatoms. The van der Waals surface area contributed by atoms with Gasteiger partial charge in [-0.2, -0.15) is 0 Å². The van der Waals surface area contributed by atoms with Gasteiger partial charge in [0.05, 0.1) is 0 Å². The molecule has 0 aliphatic rings. The van der Waals surface area contributed by atoms with Crippen LogP contribution in [0.5, 0.6) is 0 Å². The van der Waals surface area contributed by atoms with Gasteiger partial charge in [-0.25, -0.2) is 4.79 Å². The van der Waals surface area contributed by atoms with Crippen LogP contribution in [0, 0.1) is 5.92 Å². The summed E-state index contributed by atoms with van der Waals surface area (Å²) in [5.74, 6) is -0.319. The molecule has 0 aliphatic heterocycles. The van der Waals surface area contributed by atoms with E-state index in [0.29, 0.717) is 11.6 Å². The van der Waals surface area contributed by atoms with Crippen LogP contribution in [0.15, 0.2) is 24.3 Å². The van der Waals surface area contributed by atoms with Crippen LogP contribution in [0.4, 0.5) is 4.79 Å². The number of rotatable bonds is 5. The van der Waals surface area contributed by atoms with Crippen molar-refractivity contribution in [2.24, 2.45) is 11.7 Å². The monoisotopic (exact) mass is 283 g/mol. The van der Waals surface area contributed by atoms with E-state index < -0.39 is 12.1 Å². The van der Waals surface area contributed by atoms with Crippen LogP contribution in [0.2, 0.25) is 5.02 Å². The summed E-state index contributed by atoms with van der Waals surface area (Å²) in [6, 6.07) is 5.85. The number of benzene rings is 1. The Balaban J connectivity index is 2.59. The second-order valence-electron chi connectivity index (χ2n) is 4.58. The minimum absolute atomic E-state index is 0.0492. The van der Waals surface area contributed by atoms with E-state index in [-0.39, 0.29) is 11.8 Å². The Morgan fingerprint density at radius 3 is 2.58 bits per heavy atom. The van der Waals surface area contributed by atoms with Crippen molar-refractivity contribution in [1.29, 1.82) is 0 Å². The van der Waals surface area contributed by atoms with Crippen molar-refractivity contribution >= 4 is 23.5 Å².